The van der Waals surface area contributed by atoms with Crippen molar-refractivity contribution in [2.24, 2.45) is 12.8 Å². The Morgan fingerprint density at radius 1 is 1.48 bits per heavy atom. The number of hydrogen-bond acceptors (Lipinski definition) is 5. The Labute approximate surface area is 120 Å². The van der Waals surface area contributed by atoms with Crippen LogP contribution in [0.25, 0.3) is 0 Å². The van der Waals surface area contributed by atoms with Crippen LogP contribution in [0.5, 0.6) is 0 Å². The molecule has 1 atom stereocenters. The molecule has 0 radical (unpaired) electrons. The van der Waals surface area contributed by atoms with Gasteiger partial charge in [0.15, 0.2) is 5.82 Å². The number of carboxylic acid groups (broad SMARTS) is 1. The number of aryl methyl sites for hydroxylation is 1. The maximum atomic E-state index is 11.6. The molecule has 21 heavy (non-hydrogen) atoms. The van der Waals surface area contributed by atoms with Gasteiger partial charge in [-0.05, 0) is 6.42 Å². The third-order valence-corrected chi connectivity index (χ3v) is 2.56. The number of nitrogens with one attached hydrogen (secondary N) is 2. The highest BCUT2D eigenvalue weighted by molar-refractivity contribution is 5.83. The van der Waals surface area contributed by atoms with Gasteiger partial charge in [-0.3, -0.25) is 9.48 Å². The molecule has 0 spiro atoms. The molecule has 0 bridgehead atoms. The molecule has 10 nitrogen and oxygen atoms in total. The van der Waals surface area contributed by atoms with Gasteiger partial charge in [-0.1, -0.05) is 0 Å². The predicted molar refractivity (Wildman–Crippen MR) is 71.1 cm³/mol. The van der Waals surface area contributed by atoms with Crippen LogP contribution in [0.1, 0.15) is 18.7 Å². The molecule has 0 unspecified atom stereocenters. The molecule has 1 aromatic heterocycles. The second-order valence-corrected chi connectivity index (χ2v) is 4.38. The van der Waals surface area contributed by atoms with Gasteiger partial charge < -0.3 is 21.5 Å². The molecule has 0 aromatic carbocycles. The summed E-state index contributed by atoms with van der Waals surface area (Å²) >= 11 is 0. The number of urea groups is 1. The average molecular weight is 298 g/mol. The Hall–Kier alpha value is -2.65. The fraction of sp³-hybridized carbons (Fsp3) is 0.545. The molecule has 1 aromatic rings. The molecule has 3 amide bonds. The summed E-state index contributed by atoms with van der Waals surface area (Å²) in [5.74, 6) is -1.27. The van der Waals surface area contributed by atoms with Crippen LogP contribution in [0.15, 0.2) is 6.33 Å². The fourth-order valence-corrected chi connectivity index (χ4v) is 1.54. The summed E-state index contributed by atoms with van der Waals surface area (Å²) in [5.41, 5.74) is 4.94. The second-order valence-electron chi connectivity index (χ2n) is 4.38. The van der Waals surface area contributed by atoms with Gasteiger partial charge in [0.1, 0.15) is 12.4 Å². The van der Waals surface area contributed by atoms with E-state index in [0.29, 0.717) is 12.2 Å². The number of aromatic nitrogens is 3. The van der Waals surface area contributed by atoms with Crippen molar-refractivity contribution in [2.45, 2.75) is 25.3 Å². The van der Waals surface area contributed by atoms with Crippen molar-refractivity contribution in [3.05, 3.63) is 12.2 Å². The highest BCUT2D eigenvalue weighted by Gasteiger charge is 2.20. The zero-order valence-corrected chi connectivity index (χ0v) is 11.6. The molecule has 116 valence electrons. The number of carboxylic acids is 1. The Morgan fingerprint density at radius 3 is 2.71 bits per heavy atom. The molecular formula is C11H18N6O4. The van der Waals surface area contributed by atoms with E-state index in [9.17, 15) is 14.4 Å². The van der Waals surface area contributed by atoms with Crippen molar-refractivity contribution in [2.75, 3.05) is 6.54 Å². The van der Waals surface area contributed by atoms with E-state index in [-0.39, 0.29) is 19.4 Å². The van der Waals surface area contributed by atoms with Crippen LogP contribution in [-0.4, -0.2) is 50.4 Å². The molecule has 0 saturated carbocycles. The minimum atomic E-state index is -1.22. The second kappa shape index (κ2) is 7.82. The molecule has 5 N–H and O–H groups in total. The Bertz CT molecular complexity index is 515. The van der Waals surface area contributed by atoms with Crippen molar-refractivity contribution in [1.82, 2.24) is 25.4 Å². The van der Waals surface area contributed by atoms with E-state index in [4.69, 9.17) is 10.8 Å². The summed E-state index contributed by atoms with van der Waals surface area (Å²) in [6, 6.07) is -1.80. The van der Waals surface area contributed by atoms with Gasteiger partial charge in [-0.2, -0.15) is 5.10 Å². The largest absolute Gasteiger partial charge is 0.480 e. The Balaban J connectivity index is 2.32. The topological polar surface area (TPSA) is 152 Å². The molecule has 0 saturated heterocycles. The Kier molecular flexibility index (Phi) is 6.11. The first-order chi connectivity index (χ1) is 9.88. The lowest BCUT2D eigenvalue weighted by Crippen LogP contribution is -2.46. The van der Waals surface area contributed by atoms with Gasteiger partial charge >= 0.3 is 12.0 Å². The first-order valence-corrected chi connectivity index (χ1v) is 6.28. The number of primary amides is 1. The van der Waals surface area contributed by atoms with Crippen molar-refractivity contribution in [3.63, 3.8) is 0 Å². The Morgan fingerprint density at radius 2 is 2.19 bits per heavy atom. The summed E-state index contributed by atoms with van der Waals surface area (Å²) in [4.78, 5) is 37.1. The molecule has 1 rings (SSSR count). The number of hydrogen-bond donors (Lipinski definition) is 4. The maximum absolute atomic E-state index is 11.6. The van der Waals surface area contributed by atoms with Gasteiger partial charge in [-0.15, -0.1) is 0 Å². The van der Waals surface area contributed by atoms with Crippen molar-refractivity contribution in [1.29, 1.82) is 0 Å². The number of aliphatic carboxylic acids is 1. The number of rotatable bonds is 8. The van der Waals surface area contributed by atoms with E-state index in [1.54, 1.807) is 18.1 Å². The summed E-state index contributed by atoms with van der Waals surface area (Å²) in [6.07, 6.45) is 1.79. The lowest BCUT2D eigenvalue weighted by atomic mass is 10.1. The van der Waals surface area contributed by atoms with E-state index in [1.165, 1.54) is 0 Å². The highest BCUT2D eigenvalue weighted by atomic mass is 16.4. The van der Waals surface area contributed by atoms with Crippen LogP contribution < -0.4 is 16.4 Å². The number of nitrogens with two attached hydrogens (primary N) is 1. The quantitative estimate of drug-likeness (QED) is 0.452. The number of amides is 3. The summed E-state index contributed by atoms with van der Waals surface area (Å²) in [6.45, 7) is 0.262. The summed E-state index contributed by atoms with van der Waals surface area (Å²) in [5, 5.41) is 17.7. The maximum Gasteiger partial charge on any atom is 0.326 e. The molecule has 1 heterocycles. The molecule has 0 aliphatic heterocycles. The SMILES string of the molecule is Cn1cnc(CCNC(=O)N[C@H](CCC(N)=O)C(=O)O)n1. The fourth-order valence-electron chi connectivity index (χ4n) is 1.54. The van der Waals surface area contributed by atoms with Crippen LogP contribution in [0.2, 0.25) is 0 Å². The molecule has 10 heteroatoms. The van der Waals surface area contributed by atoms with E-state index >= 15 is 0 Å². The van der Waals surface area contributed by atoms with E-state index in [2.05, 4.69) is 20.7 Å². The molecule has 0 fully saturated rings. The van der Waals surface area contributed by atoms with Crippen LogP contribution in [0, 0.1) is 0 Å². The zero-order chi connectivity index (χ0) is 15.8. The minimum absolute atomic E-state index is 0.0557. The molecule has 0 aliphatic rings. The number of carbonyl (C=O) groups is 3. The average Bonchev–Trinajstić information content (AvgIpc) is 2.79. The minimum Gasteiger partial charge on any atom is -0.480 e. The van der Waals surface area contributed by atoms with Crippen LogP contribution in [-0.2, 0) is 23.1 Å². The van der Waals surface area contributed by atoms with Crippen LogP contribution in [0.3, 0.4) is 0 Å². The van der Waals surface area contributed by atoms with Gasteiger partial charge in [0.2, 0.25) is 5.91 Å². The number of carbonyl (C=O) groups excluding carboxylic acids is 2. The summed E-state index contributed by atoms with van der Waals surface area (Å²) in [7, 11) is 1.73. The van der Waals surface area contributed by atoms with E-state index in [0.717, 1.165) is 0 Å². The van der Waals surface area contributed by atoms with Crippen molar-refractivity contribution < 1.29 is 19.5 Å². The smallest absolute Gasteiger partial charge is 0.326 e. The van der Waals surface area contributed by atoms with Crippen LogP contribution in [0.4, 0.5) is 4.79 Å². The van der Waals surface area contributed by atoms with Gasteiger partial charge in [0.05, 0.1) is 0 Å². The van der Waals surface area contributed by atoms with Gasteiger partial charge in [0, 0.05) is 26.4 Å². The lowest BCUT2D eigenvalue weighted by molar-refractivity contribution is -0.139. The van der Waals surface area contributed by atoms with Crippen molar-refractivity contribution >= 4 is 17.9 Å². The van der Waals surface area contributed by atoms with E-state index < -0.39 is 23.9 Å². The predicted octanol–water partition coefficient (Wildman–Crippen LogP) is -1.62. The first kappa shape index (κ1) is 16.4. The molecule has 0 aliphatic carbocycles. The summed E-state index contributed by atoms with van der Waals surface area (Å²) < 4.78 is 1.54. The van der Waals surface area contributed by atoms with Gasteiger partial charge in [-0.25, -0.2) is 14.6 Å². The third-order valence-electron chi connectivity index (χ3n) is 2.56. The highest BCUT2D eigenvalue weighted by Crippen LogP contribution is 1.97. The third kappa shape index (κ3) is 6.36. The monoisotopic (exact) mass is 298 g/mol. The number of nitrogens with zero attached hydrogens (tertiary/aromatic N) is 3. The first-order valence-electron chi connectivity index (χ1n) is 6.28. The molecular weight excluding hydrogens is 280 g/mol. The van der Waals surface area contributed by atoms with E-state index in [1.807, 2.05) is 0 Å². The standard InChI is InChI=1S/C11H18N6O4/c1-17-6-14-9(16-17)4-5-13-11(21)15-7(10(19)20)2-3-8(12)18/h6-7H,2-5H2,1H3,(H2,12,18)(H,19,20)(H2,13,15,21)/t7-/m1/s1. The van der Waals surface area contributed by atoms with Gasteiger partial charge in [0.25, 0.3) is 0 Å². The van der Waals surface area contributed by atoms with Crippen molar-refractivity contribution in [3.8, 4) is 0 Å². The normalized spacial score (nSPS) is 11.7. The zero-order valence-electron chi connectivity index (χ0n) is 11.6. The lowest BCUT2D eigenvalue weighted by Gasteiger charge is -2.14. The van der Waals surface area contributed by atoms with Crippen LogP contribution >= 0.6 is 0 Å².